The van der Waals surface area contributed by atoms with E-state index in [1.54, 1.807) is 0 Å². The van der Waals surface area contributed by atoms with E-state index in [2.05, 4.69) is 44.5 Å². The summed E-state index contributed by atoms with van der Waals surface area (Å²) >= 11 is 0. The molecule has 0 radical (unpaired) electrons. The van der Waals surface area contributed by atoms with Crippen molar-refractivity contribution >= 4 is 26.0 Å². The Balaban J connectivity index is 4.87. The lowest BCUT2D eigenvalue weighted by Gasteiger charge is -2.36. The molecule has 0 aliphatic carbocycles. The zero-order valence-corrected chi connectivity index (χ0v) is 18.6. The molecule has 0 saturated heterocycles. The number of rotatable bonds is 10. The second-order valence-corrected chi connectivity index (χ2v) is 13.6. The highest BCUT2D eigenvalue weighted by Gasteiger charge is 2.37. The Hall–Kier alpha value is -1.41. The maximum Gasteiger partial charge on any atom is 0.243 e. The van der Waals surface area contributed by atoms with Crippen LogP contribution in [0.4, 0.5) is 0 Å². The van der Waals surface area contributed by atoms with E-state index >= 15 is 0 Å². The molecule has 4 N–H and O–H groups in total. The van der Waals surface area contributed by atoms with E-state index in [0.717, 1.165) is 0 Å². The largest absolute Gasteiger partial charge is 0.417 e. The Kier molecular flexibility index (Phi) is 9.51. The molecule has 0 fully saturated rings. The Labute approximate surface area is 158 Å². The monoisotopic (exact) mass is 387 g/mol. The number of hydrogen-bond acceptors (Lipinski definition) is 4. The summed E-state index contributed by atoms with van der Waals surface area (Å²) < 4.78 is 6.06. The third kappa shape index (κ3) is 8.80. The second-order valence-electron chi connectivity index (χ2n) is 8.74. The van der Waals surface area contributed by atoms with Crippen LogP contribution in [0.25, 0.3) is 0 Å². The molecule has 0 unspecified atom stereocenters. The summed E-state index contributed by atoms with van der Waals surface area (Å²) in [5, 5.41) is 5.35. The highest BCUT2D eigenvalue weighted by molar-refractivity contribution is 6.74. The fraction of sp³-hybridized carbons (Fsp3) is 0.833. The molecule has 0 aromatic carbocycles. The predicted molar refractivity (Wildman–Crippen MR) is 106 cm³/mol. The van der Waals surface area contributed by atoms with Crippen LogP contribution < -0.4 is 16.4 Å². The van der Waals surface area contributed by atoms with Gasteiger partial charge in [-0.25, -0.2) is 0 Å². The minimum Gasteiger partial charge on any atom is -0.417 e. The van der Waals surface area contributed by atoms with Crippen molar-refractivity contribution in [1.29, 1.82) is 0 Å². The van der Waals surface area contributed by atoms with E-state index in [1.165, 1.54) is 6.92 Å². The molecule has 0 aromatic rings. The fourth-order valence-corrected chi connectivity index (χ4v) is 3.22. The first-order chi connectivity index (χ1) is 11.7. The average Bonchev–Trinajstić information content (AvgIpc) is 2.42. The first kappa shape index (κ1) is 24.6. The normalized spacial score (nSPS) is 14.7. The minimum absolute atomic E-state index is 0.0617. The van der Waals surface area contributed by atoms with Crippen LogP contribution >= 0.6 is 0 Å². The smallest absolute Gasteiger partial charge is 0.243 e. The van der Waals surface area contributed by atoms with Crippen LogP contribution in [0.15, 0.2) is 0 Å². The van der Waals surface area contributed by atoms with Gasteiger partial charge in [0.05, 0.1) is 0 Å². The van der Waals surface area contributed by atoms with Gasteiger partial charge in [0, 0.05) is 13.5 Å². The van der Waals surface area contributed by atoms with Crippen molar-refractivity contribution in [3.8, 4) is 0 Å². The molecule has 0 rings (SSSR count). The zero-order chi connectivity index (χ0) is 20.7. The number of carbonyl (C=O) groups excluding carboxylic acids is 3. The predicted octanol–water partition coefficient (Wildman–Crippen LogP) is 1.92. The lowest BCUT2D eigenvalue weighted by Crippen LogP contribution is -2.53. The summed E-state index contributed by atoms with van der Waals surface area (Å²) in [5.74, 6) is -1.08. The maximum absolute atomic E-state index is 12.5. The quantitative estimate of drug-likeness (QED) is 0.497. The number of primary amides is 1. The van der Waals surface area contributed by atoms with Gasteiger partial charge in [0.25, 0.3) is 0 Å². The molecule has 3 amide bonds. The first-order valence-electron chi connectivity index (χ1n) is 9.18. The Morgan fingerprint density at radius 3 is 2.00 bits per heavy atom. The van der Waals surface area contributed by atoms with Gasteiger partial charge >= 0.3 is 0 Å². The summed E-state index contributed by atoms with van der Waals surface area (Å²) in [7, 11) is -1.93. The van der Waals surface area contributed by atoms with Gasteiger partial charge in [0.2, 0.25) is 17.7 Å². The Morgan fingerprint density at radius 1 is 1.08 bits per heavy atom. The van der Waals surface area contributed by atoms with Gasteiger partial charge in [-0.2, -0.15) is 0 Å². The minimum atomic E-state index is -1.93. The van der Waals surface area contributed by atoms with Crippen LogP contribution in [0.2, 0.25) is 18.1 Å². The molecule has 0 aliphatic rings. The molecule has 8 heteroatoms. The van der Waals surface area contributed by atoms with Crippen molar-refractivity contribution in [1.82, 2.24) is 10.6 Å². The van der Waals surface area contributed by atoms with E-state index in [0.29, 0.717) is 19.4 Å². The van der Waals surface area contributed by atoms with Crippen LogP contribution in [-0.2, 0) is 18.8 Å². The third-order valence-electron chi connectivity index (χ3n) is 4.74. The zero-order valence-electron chi connectivity index (χ0n) is 17.6. The number of nitrogens with one attached hydrogen (secondary N) is 2. The van der Waals surface area contributed by atoms with Gasteiger partial charge < -0.3 is 20.8 Å². The van der Waals surface area contributed by atoms with Gasteiger partial charge in [-0.1, -0.05) is 34.6 Å². The molecule has 0 saturated carbocycles. The first-order valence-corrected chi connectivity index (χ1v) is 12.1. The number of hydrogen-bond donors (Lipinski definition) is 3. The van der Waals surface area contributed by atoms with Crippen molar-refractivity contribution < 1.29 is 18.8 Å². The SMILES string of the molecule is CC(=O)N[C@@H](CC(C)C)C(=O)N[C@@H](CCO[Si](C)(C)C(C)(C)C)C(N)=O. The standard InChI is InChI=1S/C18H37N3O4Si/c1-12(2)11-15(20-13(3)22)17(24)21-14(16(19)23)9-10-25-26(7,8)18(4,5)6/h12,14-15H,9-11H2,1-8H3,(H2,19,23)(H,20,22)(H,21,24)/t14-,15-/m0/s1. The van der Waals surface area contributed by atoms with Crippen molar-refractivity contribution in [2.75, 3.05) is 6.61 Å². The number of amides is 3. The molecule has 0 aromatic heterocycles. The van der Waals surface area contributed by atoms with Crippen molar-refractivity contribution in [3.63, 3.8) is 0 Å². The van der Waals surface area contributed by atoms with Crippen molar-refractivity contribution in [2.45, 2.75) is 84.6 Å². The number of carbonyl (C=O) groups is 3. The summed E-state index contributed by atoms with van der Waals surface area (Å²) in [4.78, 5) is 35.6. The highest BCUT2D eigenvalue weighted by Crippen LogP contribution is 2.36. The van der Waals surface area contributed by atoms with Gasteiger partial charge in [-0.05, 0) is 36.9 Å². The van der Waals surface area contributed by atoms with E-state index in [1.807, 2.05) is 13.8 Å². The summed E-state index contributed by atoms with van der Waals surface area (Å²) in [5.41, 5.74) is 5.44. The molecule has 0 spiro atoms. The van der Waals surface area contributed by atoms with E-state index in [-0.39, 0.29) is 16.9 Å². The van der Waals surface area contributed by atoms with Gasteiger partial charge in [0.1, 0.15) is 12.1 Å². The van der Waals surface area contributed by atoms with Crippen LogP contribution in [0.5, 0.6) is 0 Å². The van der Waals surface area contributed by atoms with Gasteiger partial charge in [-0.3, -0.25) is 14.4 Å². The maximum atomic E-state index is 12.5. The molecule has 152 valence electrons. The third-order valence-corrected chi connectivity index (χ3v) is 9.27. The summed E-state index contributed by atoms with van der Waals surface area (Å²) in [6.45, 7) is 16.3. The van der Waals surface area contributed by atoms with Gasteiger partial charge in [0.15, 0.2) is 8.32 Å². The molecule has 7 nitrogen and oxygen atoms in total. The molecule has 0 aliphatic heterocycles. The van der Waals surface area contributed by atoms with E-state index in [9.17, 15) is 14.4 Å². The summed E-state index contributed by atoms with van der Waals surface area (Å²) in [6.07, 6.45) is 0.791. The Bertz CT molecular complexity index is 501. The van der Waals surface area contributed by atoms with Crippen LogP contribution in [0.3, 0.4) is 0 Å². The van der Waals surface area contributed by atoms with Crippen LogP contribution in [-0.4, -0.2) is 44.7 Å². The molecule has 0 heterocycles. The lowest BCUT2D eigenvalue weighted by atomic mass is 10.0. The fourth-order valence-electron chi connectivity index (χ4n) is 2.15. The van der Waals surface area contributed by atoms with Crippen molar-refractivity contribution in [2.24, 2.45) is 11.7 Å². The van der Waals surface area contributed by atoms with Crippen LogP contribution in [0.1, 0.15) is 54.4 Å². The molecular formula is C18H37N3O4Si. The topological polar surface area (TPSA) is 111 Å². The van der Waals surface area contributed by atoms with Gasteiger partial charge in [-0.15, -0.1) is 0 Å². The second kappa shape index (κ2) is 10.1. The summed E-state index contributed by atoms with van der Waals surface area (Å²) in [6, 6.07) is -1.51. The van der Waals surface area contributed by atoms with E-state index < -0.39 is 32.2 Å². The molecule has 0 bridgehead atoms. The van der Waals surface area contributed by atoms with Crippen molar-refractivity contribution in [3.05, 3.63) is 0 Å². The molecule has 2 atom stereocenters. The average molecular weight is 388 g/mol. The Morgan fingerprint density at radius 2 is 1.62 bits per heavy atom. The van der Waals surface area contributed by atoms with Crippen LogP contribution in [0, 0.1) is 5.92 Å². The highest BCUT2D eigenvalue weighted by atomic mass is 28.4. The lowest BCUT2D eigenvalue weighted by molar-refractivity contribution is -0.131. The molecular weight excluding hydrogens is 350 g/mol. The number of nitrogens with two attached hydrogens (primary N) is 1. The van der Waals surface area contributed by atoms with E-state index in [4.69, 9.17) is 10.2 Å². The molecule has 26 heavy (non-hydrogen) atoms.